The van der Waals surface area contributed by atoms with Crippen LogP contribution in [-0.4, -0.2) is 29.1 Å². The molecule has 2 heterocycles. The van der Waals surface area contributed by atoms with E-state index in [0.29, 0.717) is 19.4 Å². The zero-order chi connectivity index (χ0) is 14.7. The molecule has 1 atom stereocenters. The van der Waals surface area contributed by atoms with Crippen molar-refractivity contribution in [3.63, 3.8) is 0 Å². The number of hydrogen-bond donors (Lipinski definition) is 1. The van der Waals surface area contributed by atoms with Crippen LogP contribution >= 0.6 is 0 Å². The van der Waals surface area contributed by atoms with Crippen molar-refractivity contribution < 1.29 is 14.3 Å². The van der Waals surface area contributed by atoms with E-state index < -0.39 is 0 Å². The van der Waals surface area contributed by atoms with Gasteiger partial charge in [-0.3, -0.25) is 4.79 Å². The number of fused-ring (bicyclic) bond motifs is 1. The molecule has 110 valence electrons. The second-order valence-electron chi connectivity index (χ2n) is 5.37. The number of aryl methyl sites for hydroxylation is 1. The molecule has 1 aromatic carbocycles. The van der Waals surface area contributed by atoms with Crippen molar-refractivity contribution in [1.29, 1.82) is 0 Å². The summed E-state index contributed by atoms with van der Waals surface area (Å²) in [4.78, 5) is 14.3. The summed E-state index contributed by atoms with van der Waals surface area (Å²) in [5.41, 5.74) is 3.33. The van der Waals surface area contributed by atoms with E-state index in [4.69, 9.17) is 4.42 Å². The Morgan fingerprint density at radius 2 is 2.19 bits per heavy atom. The van der Waals surface area contributed by atoms with Crippen molar-refractivity contribution in [3.05, 3.63) is 59.5 Å². The highest BCUT2D eigenvalue weighted by Crippen LogP contribution is 2.29. The first-order valence-corrected chi connectivity index (χ1v) is 7.29. The Balaban J connectivity index is 1.71. The molecule has 1 N–H and O–H groups in total. The Bertz CT molecular complexity index is 606. The second-order valence-corrected chi connectivity index (χ2v) is 5.37. The third-order valence-corrected chi connectivity index (χ3v) is 4.11. The highest BCUT2D eigenvalue weighted by atomic mass is 16.3. The molecule has 1 amide bonds. The van der Waals surface area contributed by atoms with Crippen molar-refractivity contribution >= 4 is 5.91 Å². The minimum atomic E-state index is -0.216. The smallest absolute Gasteiger partial charge is 0.223 e. The monoisotopic (exact) mass is 285 g/mol. The highest BCUT2D eigenvalue weighted by Gasteiger charge is 2.29. The van der Waals surface area contributed by atoms with Gasteiger partial charge < -0.3 is 14.4 Å². The molecule has 21 heavy (non-hydrogen) atoms. The lowest BCUT2D eigenvalue weighted by atomic mass is 9.92. The van der Waals surface area contributed by atoms with Gasteiger partial charge in [0.05, 0.1) is 25.2 Å². The van der Waals surface area contributed by atoms with E-state index in [0.717, 1.165) is 17.5 Å². The summed E-state index contributed by atoms with van der Waals surface area (Å²) in [5, 5.41) is 9.70. The molecular weight excluding hydrogens is 266 g/mol. The zero-order valence-corrected chi connectivity index (χ0v) is 11.9. The van der Waals surface area contributed by atoms with Crippen LogP contribution in [0.1, 0.15) is 29.2 Å². The van der Waals surface area contributed by atoms with Gasteiger partial charge in [-0.05, 0) is 35.6 Å². The zero-order valence-electron chi connectivity index (χ0n) is 11.9. The first kappa shape index (κ1) is 13.9. The Hall–Kier alpha value is -2.07. The fourth-order valence-corrected chi connectivity index (χ4v) is 2.98. The first-order chi connectivity index (χ1) is 10.3. The van der Waals surface area contributed by atoms with Crippen molar-refractivity contribution in [2.75, 3.05) is 13.2 Å². The second kappa shape index (κ2) is 6.14. The maximum Gasteiger partial charge on any atom is 0.223 e. The summed E-state index contributed by atoms with van der Waals surface area (Å²) in [7, 11) is 0. The Morgan fingerprint density at radius 3 is 2.95 bits per heavy atom. The lowest BCUT2D eigenvalue weighted by molar-refractivity contribution is -0.135. The summed E-state index contributed by atoms with van der Waals surface area (Å²) < 4.78 is 5.02. The van der Waals surface area contributed by atoms with Gasteiger partial charge in [-0.2, -0.15) is 0 Å². The predicted octanol–water partition coefficient (Wildman–Crippen LogP) is 2.33. The Kier molecular flexibility index (Phi) is 4.06. The van der Waals surface area contributed by atoms with Crippen LogP contribution in [0, 0.1) is 0 Å². The van der Waals surface area contributed by atoms with Gasteiger partial charge in [0.1, 0.15) is 0 Å². The van der Waals surface area contributed by atoms with E-state index in [2.05, 4.69) is 6.07 Å². The maximum atomic E-state index is 12.5. The van der Waals surface area contributed by atoms with E-state index in [1.54, 1.807) is 12.5 Å². The van der Waals surface area contributed by atoms with E-state index in [1.165, 1.54) is 5.56 Å². The fourth-order valence-electron chi connectivity index (χ4n) is 2.98. The molecule has 0 radical (unpaired) electrons. The minimum Gasteiger partial charge on any atom is -0.472 e. The van der Waals surface area contributed by atoms with Gasteiger partial charge in [-0.1, -0.05) is 24.3 Å². The molecule has 1 aliphatic rings. The summed E-state index contributed by atoms with van der Waals surface area (Å²) >= 11 is 0. The number of amides is 1. The van der Waals surface area contributed by atoms with Crippen molar-refractivity contribution in [2.45, 2.75) is 25.3 Å². The maximum absolute atomic E-state index is 12.5. The van der Waals surface area contributed by atoms with Gasteiger partial charge in [0.2, 0.25) is 5.91 Å². The number of hydrogen-bond acceptors (Lipinski definition) is 3. The standard InChI is InChI=1S/C17H19NO3/c19-11-16-15-4-2-1-3-14(15)7-9-18(16)17(20)6-5-13-8-10-21-12-13/h1-4,8,10,12,16,19H,5-7,9,11H2/t16-/m1/s1. The number of aliphatic hydroxyl groups is 1. The summed E-state index contributed by atoms with van der Waals surface area (Å²) in [6.45, 7) is 0.640. The van der Waals surface area contributed by atoms with Crippen LogP contribution in [0.5, 0.6) is 0 Å². The highest BCUT2D eigenvalue weighted by molar-refractivity contribution is 5.77. The quantitative estimate of drug-likeness (QED) is 0.938. The van der Waals surface area contributed by atoms with E-state index >= 15 is 0 Å². The van der Waals surface area contributed by atoms with Crippen molar-refractivity contribution in [3.8, 4) is 0 Å². The van der Waals surface area contributed by atoms with Crippen molar-refractivity contribution in [1.82, 2.24) is 4.90 Å². The van der Waals surface area contributed by atoms with Crippen LogP contribution < -0.4 is 0 Å². The van der Waals surface area contributed by atoms with Crippen LogP contribution in [0.25, 0.3) is 0 Å². The Labute approximate surface area is 124 Å². The summed E-state index contributed by atoms with van der Waals surface area (Å²) in [6, 6.07) is 9.70. The average Bonchev–Trinajstić information content (AvgIpc) is 3.04. The molecule has 4 heteroatoms. The number of aliphatic hydroxyl groups excluding tert-OH is 1. The van der Waals surface area contributed by atoms with E-state index in [1.807, 2.05) is 29.2 Å². The molecule has 0 unspecified atom stereocenters. The summed E-state index contributed by atoms with van der Waals surface area (Å²) in [5.74, 6) is 0.0877. The molecule has 2 aromatic rings. The molecule has 0 spiro atoms. The van der Waals surface area contributed by atoms with Crippen LogP contribution in [0.3, 0.4) is 0 Å². The lowest BCUT2D eigenvalue weighted by Crippen LogP contribution is -2.41. The fraction of sp³-hybridized carbons (Fsp3) is 0.353. The third kappa shape index (κ3) is 2.85. The predicted molar refractivity (Wildman–Crippen MR) is 78.7 cm³/mol. The normalized spacial score (nSPS) is 17.6. The first-order valence-electron chi connectivity index (χ1n) is 7.29. The number of nitrogens with zero attached hydrogens (tertiary/aromatic N) is 1. The molecule has 4 nitrogen and oxygen atoms in total. The molecule has 1 aliphatic heterocycles. The number of rotatable bonds is 4. The number of benzene rings is 1. The molecule has 0 bridgehead atoms. The molecule has 1 aromatic heterocycles. The molecular formula is C17H19NO3. The topological polar surface area (TPSA) is 53.7 Å². The van der Waals surface area contributed by atoms with E-state index in [9.17, 15) is 9.90 Å². The SMILES string of the molecule is O=C(CCc1ccoc1)N1CCc2ccccc2[C@H]1CO. The van der Waals surface area contributed by atoms with Crippen LogP contribution in [-0.2, 0) is 17.6 Å². The average molecular weight is 285 g/mol. The number of carbonyl (C=O) groups excluding carboxylic acids is 1. The number of furan rings is 1. The van der Waals surface area contributed by atoms with Crippen LogP contribution in [0.2, 0.25) is 0 Å². The van der Waals surface area contributed by atoms with Gasteiger partial charge in [-0.15, -0.1) is 0 Å². The van der Waals surface area contributed by atoms with Gasteiger partial charge in [0.15, 0.2) is 0 Å². The molecule has 0 saturated carbocycles. The Morgan fingerprint density at radius 1 is 1.33 bits per heavy atom. The van der Waals surface area contributed by atoms with E-state index in [-0.39, 0.29) is 18.6 Å². The van der Waals surface area contributed by atoms with Crippen LogP contribution in [0.4, 0.5) is 0 Å². The summed E-state index contributed by atoms with van der Waals surface area (Å²) in [6.07, 6.45) is 5.25. The molecule has 0 aliphatic carbocycles. The third-order valence-electron chi connectivity index (χ3n) is 4.11. The van der Waals surface area contributed by atoms with Crippen LogP contribution in [0.15, 0.2) is 47.3 Å². The van der Waals surface area contributed by atoms with Gasteiger partial charge in [0, 0.05) is 13.0 Å². The van der Waals surface area contributed by atoms with Crippen molar-refractivity contribution in [2.24, 2.45) is 0 Å². The molecule has 3 rings (SSSR count). The van der Waals surface area contributed by atoms with Gasteiger partial charge >= 0.3 is 0 Å². The molecule has 0 saturated heterocycles. The molecule has 0 fully saturated rings. The minimum absolute atomic E-state index is 0.0333. The lowest BCUT2D eigenvalue weighted by Gasteiger charge is -2.36. The van der Waals surface area contributed by atoms with Gasteiger partial charge in [-0.25, -0.2) is 0 Å². The van der Waals surface area contributed by atoms with Gasteiger partial charge in [0.25, 0.3) is 0 Å². The largest absolute Gasteiger partial charge is 0.472 e. The number of carbonyl (C=O) groups is 1.